The first-order valence-electron chi connectivity index (χ1n) is 8.57. The molecule has 112 valence electrons. The van der Waals surface area contributed by atoms with E-state index in [2.05, 4.69) is 31.4 Å². The molecule has 3 rings (SSSR count). The predicted molar refractivity (Wildman–Crippen MR) is 82.7 cm³/mol. The van der Waals surface area contributed by atoms with Crippen molar-refractivity contribution in [3.05, 3.63) is 23.7 Å². The quantitative estimate of drug-likeness (QED) is 0.861. The van der Waals surface area contributed by atoms with Crippen molar-refractivity contribution < 1.29 is 4.42 Å². The first kappa shape index (κ1) is 14.2. The van der Waals surface area contributed by atoms with Crippen molar-refractivity contribution in [1.82, 2.24) is 5.32 Å². The molecule has 2 nitrogen and oxygen atoms in total. The first-order chi connectivity index (χ1) is 9.81. The number of aryl methyl sites for hydroxylation is 1. The van der Waals surface area contributed by atoms with Crippen molar-refractivity contribution in [1.29, 1.82) is 0 Å². The Morgan fingerprint density at radius 3 is 2.65 bits per heavy atom. The van der Waals surface area contributed by atoms with Gasteiger partial charge in [-0.15, -0.1) is 0 Å². The highest BCUT2D eigenvalue weighted by Gasteiger charge is 2.36. The molecule has 0 spiro atoms. The number of furan rings is 1. The largest absolute Gasteiger partial charge is 0.464 e. The van der Waals surface area contributed by atoms with Crippen molar-refractivity contribution >= 4 is 0 Å². The maximum absolute atomic E-state index is 6.01. The van der Waals surface area contributed by atoms with Crippen molar-refractivity contribution in [3.63, 3.8) is 0 Å². The average molecular weight is 275 g/mol. The van der Waals surface area contributed by atoms with Crippen LogP contribution < -0.4 is 5.32 Å². The molecule has 4 atom stereocenters. The van der Waals surface area contributed by atoms with Gasteiger partial charge in [0.25, 0.3) is 0 Å². The molecule has 0 saturated heterocycles. The van der Waals surface area contributed by atoms with Gasteiger partial charge in [0.15, 0.2) is 0 Å². The molecule has 20 heavy (non-hydrogen) atoms. The summed E-state index contributed by atoms with van der Waals surface area (Å²) in [6.07, 6.45) is 11.1. The van der Waals surface area contributed by atoms with E-state index >= 15 is 0 Å². The van der Waals surface area contributed by atoms with Crippen LogP contribution in [0.5, 0.6) is 0 Å². The van der Waals surface area contributed by atoms with Crippen molar-refractivity contribution in [2.75, 3.05) is 7.05 Å². The fourth-order valence-corrected chi connectivity index (χ4v) is 4.57. The Morgan fingerprint density at radius 2 is 1.95 bits per heavy atom. The van der Waals surface area contributed by atoms with Gasteiger partial charge in [0.1, 0.15) is 11.5 Å². The standard InChI is InChI=1S/C18H29NO/c1-3-16-10-11-17(20-16)18(19-2)15-9-8-13-6-4-5-7-14(13)12-15/h10-11,13-15,18-19H,3-9,12H2,1-2H3. The molecule has 2 aliphatic carbocycles. The lowest BCUT2D eigenvalue weighted by atomic mass is 9.66. The van der Waals surface area contributed by atoms with E-state index in [0.29, 0.717) is 6.04 Å². The zero-order valence-corrected chi connectivity index (χ0v) is 13.0. The molecular formula is C18H29NO. The molecule has 2 heteroatoms. The second-order valence-electron chi connectivity index (χ2n) is 6.80. The van der Waals surface area contributed by atoms with E-state index in [1.807, 2.05) is 0 Å². The highest BCUT2D eigenvalue weighted by atomic mass is 16.3. The van der Waals surface area contributed by atoms with E-state index in [1.165, 1.54) is 44.9 Å². The molecular weight excluding hydrogens is 246 g/mol. The van der Waals surface area contributed by atoms with E-state index in [9.17, 15) is 0 Å². The van der Waals surface area contributed by atoms with Crippen LogP contribution in [0.4, 0.5) is 0 Å². The number of hydrogen-bond acceptors (Lipinski definition) is 2. The van der Waals surface area contributed by atoms with Gasteiger partial charge in [0, 0.05) is 6.42 Å². The van der Waals surface area contributed by atoms with Crippen molar-refractivity contribution in [3.8, 4) is 0 Å². The van der Waals surface area contributed by atoms with Crippen LogP contribution in [-0.2, 0) is 6.42 Å². The zero-order chi connectivity index (χ0) is 13.9. The van der Waals surface area contributed by atoms with Gasteiger partial charge in [-0.25, -0.2) is 0 Å². The van der Waals surface area contributed by atoms with Gasteiger partial charge in [-0.1, -0.05) is 32.6 Å². The number of rotatable bonds is 4. The molecule has 0 aromatic carbocycles. The predicted octanol–water partition coefficient (Wildman–Crippen LogP) is 4.71. The summed E-state index contributed by atoms with van der Waals surface area (Å²) in [5, 5.41) is 3.53. The van der Waals surface area contributed by atoms with Gasteiger partial charge in [-0.05, 0) is 56.2 Å². The van der Waals surface area contributed by atoms with Gasteiger partial charge in [-0.2, -0.15) is 0 Å². The smallest absolute Gasteiger partial charge is 0.121 e. The van der Waals surface area contributed by atoms with Crippen LogP contribution >= 0.6 is 0 Å². The second-order valence-corrected chi connectivity index (χ2v) is 6.80. The Hall–Kier alpha value is -0.760. The van der Waals surface area contributed by atoms with Gasteiger partial charge >= 0.3 is 0 Å². The van der Waals surface area contributed by atoms with Crippen molar-refractivity contribution in [2.45, 2.75) is 64.3 Å². The molecule has 2 fully saturated rings. The van der Waals surface area contributed by atoms with Crippen LogP contribution in [0.15, 0.2) is 16.5 Å². The van der Waals surface area contributed by atoms with Crippen LogP contribution in [0, 0.1) is 17.8 Å². The average Bonchev–Trinajstić information content (AvgIpc) is 2.97. The van der Waals surface area contributed by atoms with Crippen molar-refractivity contribution in [2.24, 2.45) is 17.8 Å². The SMILES string of the molecule is CCc1ccc(C(NC)C2CCC3CCCCC3C2)o1. The molecule has 4 unspecified atom stereocenters. The molecule has 2 aliphatic rings. The van der Waals surface area contributed by atoms with Crippen LogP contribution in [0.3, 0.4) is 0 Å². The lowest BCUT2D eigenvalue weighted by Crippen LogP contribution is -2.34. The molecule has 2 saturated carbocycles. The van der Waals surface area contributed by atoms with Crippen LogP contribution in [-0.4, -0.2) is 7.05 Å². The third-order valence-corrected chi connectivity index (χ3v) is 5.70. The molecule has 0 aliphatic heterocycles. The van der Waals surface area contributed by atoms with E-state index in [4.69, 9.17) is 4.42 Å². The minimum absolute atomic E-state index is 0.415. The minimum Gasteiger partial charge on any atom is -0.464 e. The molecule has 1 aromatic heterocycles. The Labute approximate surface area is 123 Å². The lowest BCUT2D eigenvalue weighted by molar-refractivity contribution is 0.105. The monoisotopic (exact) mass is 275 g/mol. The molecule has 0 amide bonds. The summed E-state index contributed by atoms with van der Waals surface area (Å²) in [6.45, 7) is 2.16. The van der Waals surface area contributed by atoms with Gasteiger partial charge in [0.2, 0.25) is 0 Å². The van der Waals surface area contributed by atoms with Gasteiger partial charge in [-0.3, -0.25) is 0 Å². The Balaban J connectivity index is 1.69. The summed E-state index contributed by atoms with van der Waals surface area (Å²) in [7, 11) is 2.09. The normalized spacial score (nSPS) is 31.8. The van der Waals surface area contributed by atoms with Crippen LogP contribution in [0.2, 0.25) is 0 Å². The summed E-state index contributed by atoms with van der Waals surface area (Å²) in [5.74, 6) is 5.05. The Morgan fingerprint density at radius 1 is 1.15 bits per heavy atom. The highest BCUT2D eigenvalue weighted by Crippen LogP contribution is 2.46. The fraction of sp³-hybridized carbons (Fsp3) is 0.778. The van der Waals surface area contributed by atoms with Crippen LogP contribution in [0.25, 0.3) is 0 Å². The molecule has 0 radical (unpaired) electrons. The zero-order valence-electron chi connectivity index (χ0n) is 13.0. The van der Waals surface area contributed by atoms with E-state index in [-0.39, 0.29) is 0 Å². The number of fused-ring (bicyclic) bond motifs is 1. The van der Waals surface area contributed by atoms with Gasteiger partial charge in [0.05, 0.1) is 6.04 Å². The van der Waals surface area contributed by atoms with Gasteiger partial charge < -0.3 is 9.73 Å². The number of hydrogen-bond donors (Lipinski definition) is 1. The molecule has 0 bridgehead atoms. The first-order valence-corrected chi connectivity index (χ1v) is 8.57. The molecule has 1 N–H and O–H groups in total. The third-order valence-electron chi connectivity index (χ3n) is 5.70. The fourth-order valence-electron chi connectivity index (χ4n) is 4.57. The highest BCUT2D eigenvalue weighted by molar-refractivity contribution is 5.12. The topological polar surface area (TPSA) is 25.2 Å². The number of nitrogens with one attached hydrogen (secondary N) is 1. The van der Waals surface area contributed by atoms with Crippen LogP contribution in [0.1, 0.15) is 69.4 Å². The second kappa shape index (κ2) is 6.34. The summed E-state index contributed by atoms with van der Waals surface area (Å²) in [6, 6.07) is 4.75. The summed E-state index contributed by atoms with van der Waals surface area (Å²) in [4.78, 5) is 0. The summed E-state index contributed by atoms with van der Waals surface area (Å²) < 4.78 is 6.01. The molecule has 1 heterocycles. The van der Waals surface area contributed by atoms with E-state index in [1.54, 1.807) is 0 Å². The summed E-state index contributed by atoms with van der Waals surface area (Å²) in [5.41, 5.74) is 0. The summed E-state index contributed by atoms with van der Waals surface area (Å²) >= 11 is 0. The Bertz CT molecular complexity index is 425. The Kier molecular flexibility index (Phi) is 4.50. The maximum atomic E-state index is 6.01. The van der Waals surface area contributed by atoms with E-state index < -0.39 is 0 Å². The third kappa shape index (κ3) is 2.81. The lowest BCUT2D eigenvalue weighted by Gasteiger charge is -2.41. The minimum atomic E-state index is 0.415. The maximum Gasteiger partial charge on any atom is 0.121 e. The molecule has 1 aromatic rings. The van der Waals surface area contributed by atoms with E-state index in [0.717, 1.165) is 35.7 Å².